The fourth-order valence-corrected chi connectivity index (χ4v) is 3.54. The van der Waals surface area contributed by atoms with Gasteiger partial charge in [0, 0.05) is 36.6 Å². The van der Waals surface area contributed by atoms with Crippen LogP contribution in [0.15, 0.2) is 49.1 Å². The van der Waals surface area contributed by atoms with Crippen LogP contribution in [-0.2, 0) is 0 Å². The summed E-state index contributed by atoms with van der Waals surface area (Å²) in [6, 6.07) is 7.76. The topological polar surface area (TPSA) is 79.2 Å². The molecule has 0 saturated carbocycles. The molecule has 162 valence electrons. The monoisotopic (exact) mass is 441 g/mol. The number of anilines is 2. The Morgan fingerprint density at radius 1 is 1.19 bits per heavy atom. The molecular weight excluding hydrogens is 414 g/mol. The molecule has 0 spiro atoms. The number of carbonyl (C=O) groups excluding carboxylic acids is 1. The van der Waals surface area contributed by atoms with Gasteiger partial charge in [0.2, 0.25) is 5.95 Å². The van der Waals surface area contributed by atoms with Crippen LogP contribution in [-0.4, -0.2) is 50.0 Å². The van der Waals surface area contributed by atoms with E-state index in [2.05, 4.69) is 20.3 Å². The molecule has 1 aliphatic heterocycles. The zero-order chi connectivity index (χ0) is 23.9. The van der Waals surface area contributed by atoms with Crippen molar-refractivity contribution >= 4 is 29.4 Å². The van der Waals surface area contributed by atoms with E-state index in [4.69, 9.17) is 14.3 Å². The third kappa shape index (κ3) is 4.34. The normalized spacial score (nSPS) is 20.1. The van der Waals surface area contributed by atoms with Gasteiger partial charge in [0.25, 0.3) is 0 Å². The predicted octanol–water partition coefficient (Wildman–Crippen LogP) is 4.39. The summed E-state index contributed by atoms with van der Waals surface area (Å²) < 4.78 is 18.7. The van der Waals surface area contributed by atoms with Gasteiger partial charge in [-0.2, -0.15) is 4.98 Å². The van der Waals surface area contributed by atoms with Crippen LogP contribution in [0.2, 0.25) is 5.02 Å². The summed E-state index contributed by atoms with van der Waals surface area (Å²) in [7, 11) is 1.47. The van der Waals surface area contributed by atoms with E-state index in [1.165, 1.54) is 11.9 Å². The first-order valence-corrected chi connectivity index (χ1v) is 10.4. The van der Waals surface area contributed by atoms with Gasteiger partial charge in [0.15, 0.2) is 0 Å². The highest BCUT2D eigenvalue weighted by molar-refractivity contribution is 6.30. The molecule has 2 atom stereocenters. The van der Waals surface area contributed by atoms with Crippen molar-refractivity contribution in [3.8, 4) is 5.69 Å². The van der Waals surface area contributed by atoms with Gasteiger partial charge >= 0.3 is 6.03 Å². The summed E-state index contributed by atoms with van der Waals surface area (Å²) in [5.74, 6) is 0.561. The standard InChI is InChI=1S/C22H26ClN7O/c1-14(2)19-12-28(4)22(31)30(19)20-9-10-24-21(27-20)26-15(3)18-11-29(13-25-18)17-7-5-16(23)6-8-17/h5-11,13-15,19H,12H2,1-4H3,(H,24,26,27)/t15-,19?/m0/s1/i12D2. The summed E-state index contributed by atoms with van der Waals surface area (Å²) in [6.45, 7) is 3.91. The van der Waals surface area contributed by atoms with Gasteiger partial charge in [-0.25, -0.2) is 14.8 Å². The average molecular weight is 442 g/mol. The Labute approximate surface area is 189 Å². The molecule has 2 aromatic heterocycles. The van der Waals surface area contributed by atoms with E-state index in [-0.39, 0.29) is 12.0 Å². The molecule has 9 heteroatoms. The van der Waals surface area contributed by atoms with Crippen LogP contribution in [0.3, 0.4) is 0 Å². The quantitative estimate of drug-likeness (QED) is 0.613. The van der Waals surface area contributed by atoms with Crippen LogP contribution in [0.5, 0.6) is 0 Å². The zero-order valence-corrected chi connectivity index (χ0v) is 18.6. The summed E-state index contributed by atoms with van der Waals surface area (Å²) in [5, 5.41) is 3.89. The number of halogens is 1. The van der Waals surface area contributed by atoms with Crippen LogP contribution < -0.4 is 10.2 Å². The molecule has 1 aliphatic rings. The van der Waals surface area contributed by atoms with E-state index in [1.54, 1.807) is 18.6 Å². The van der Waals surface area contributed by atoms with E-state index in [0.29, 0.717) is 16.8 Å². The van der Waals surface area contributed by atoms with Crippen molar-refractivity contribution in [1.29, 1.82) is 0 Å². The highest BCUT2D eigenvalue weighted by Gasteiger charge is 2.38. The van der Waals surface area contributed by atoms with Gasteiger partial charge in [-0.15, -0.1) is 0 Å². The van der Waals surface area contributed by atoms with Crippen LogP contribution in [0, 0.1) is 5.92 Å². The second-order valence-electron chi connectivity index (χ2n) is 7.82. The number of imidazole rings is 1. The molecular formula is C22H26ClN7O. The fraction of sp³-hybridized carbons (Fsp3) is 0.364. The Balaban J connectivity index is 1.55. The van der Waals surface area contributed by atoms with E-state index in [9.17, 15) is 4.79 Å². The van der Waals surface area contributed by atoms with Crippen molar-refractivity contribution in [2.24, 2.45) is 5.92 Å². The fourth-order valence-electron chi connectivity index (χ4n) is 3.42. The number of aromatic nitrogens is 4. The third-order valence-electron chi connectivity index (χ3n) is 5.13. The number of rotatable bonds is 6. The zero-order valence-electron chi connectivity index (χ0n) is 19.8. The maximum absolute atomic E-state index is 12.9. The molecule has 4 rings (SSSR count). The number of likely N-dealkylation sites (N-methyl/N-ethyl adjacent to an activating group) is 1. The summed E-state index contributed by atoms with van der Waals surface area (Å²) in [5.41, 5.74) is 1.72. The number of nitrogens with zero attached hydrogens (tertiary/aromatic N) is 6. The van der Waals surface area contributed by atoms with Gasteiger partial charge in [-0.1, -0.05) is 25.4 Å². The van der Waals surface area contributed by atoms with Crippen LogP contribution in [0.25, 0.3) is 5.69 Å². The third-order valence-corrected chi connectivity index (χ3v) is 5.38. The lowest BCUT2D eigenvalue weighted by molar-refractivity contribution is 0.229. The molecule has 3 heterocycles. The van der Waals surface area contributed by atoms with Crippen molar-refractivity contribution in [1.82, 2.24) is 24.4 Å². The molecule has 1 fully saturated rings. The first kappa shape index (κ1) is 18.6. The second-order valence-corrected chi connectivity index (χ2v) is 8.25. The van der Waals surface area contributed by atoms with Crippen LogP contribution in [0.1, 0.15) is 35.2 Å². The van der Waals surface area contributed by atoms with Crippen molar-refractivity contribution < 1.29 is 7.54 Å². The van der Waals surface area contributed by atoms with Crippen molar-refractivity contribution in [3.63, 3.8) is 0 Å². The Bertz CT molecular complexity index is 1150. The molecule has 1 N–H and O–H groups in total. The minimum atomic E-state index is -1.81. The molecule has 0 radical (unpaired) electrons. The summed E-state index contributed by atoms with van der Waals surface area (Å²) in [4.78, 5) is 28.7. The minimum Gasteiger partial charge on any atom is -0.346 e. The summed E-state index contributed by atoms with van der Waals surface area (Å²) >= 11 is 5.97. The Morgan fingerprint density at radius 2 is 1.94 bits per heavy atom. The number of hydrogen-bond acceptors (Lipinski definition) is 5. The highest BCUT2D eigenvalue weighted by Crippen LogP contribution is 2.27. The van der Waals surface area contributed by atoms with Gasteiger partial charge in [0.1, 0.15) is 5.82 Å². The Hall–Kier alpha value is -3.13. The molecule has 2 amide bonds. The van der Waals surface area contributed by atoms with Gasteiger partial charge in [-0.3, -0.25) is 4.90 Å². The lowest BCUT2D eigenvalue weighted by Crippen LogP contribution is -2.38. The number of carbonyl (C=O) groups is 1. The lowest BCUT2D eigenvalue weighted by atomic mass is 10.0. The van der Waals surface area contributed by atoms with E-state index in [1.807, 2.05) is 55.8 Å². The molecule has 1 saturated heterocycles. The van der Waals surface area contributed by atoms with Gasteiger partial charge in [0.05, 0.1) is 26.8 Å². The number of benzene rings is 1. The van der Waals surface area contributed by atoms with Crippen LogP contribution in [0.4, 0.5) is 16.6 Å². The molecule has 0 aliphatic carbocycles. The lowest BCUT2D eigenvalue weighted by Gasteiger charge is -2.25. The average Bonchev–Trinajstić information content (AvgIpc) is 3.33. The van der Waals surface area contributed by atoms with Crippen molar-refractivity contribution in [2.75, 3.05) is 23.8 Å². The molecule has 3 aromatic rings. The Morgan fingerprint density at radius 3 is 2.65 bits per heavy atom. The highest BCUT2D eigenvalue weighted by atomic mass is 35.5. The van der Waals surface area contributed by atoms with Gasteiger partial charge < -0.3 is 14.8 Å². The largest absolute Gasteiger partial charge is 0.346 e. The van der Waals surface area contributed by atoms with Crippen LogP contribution >= 0.6 is 11.6 Å². The maximum atomic E-state index is 12.9. The molecule has 31 heavy (non-hydrogen) atoms. The number of hydrogen-bond donors (Lipinski definition) is 1. The van der Waals surface area contributed by atoms with Gasteiger partial charge in [-0.05, 0) is 43.2 Å². The summed E-state index contributed by atoms with van der Waals surface area (Å²) in [6.07, 6.45) is 5.19. The van der Waals surface area contributed by atoms with E-state index < -0.39 is 18.6 Å². The smallest absolute Gasteiger partial charge is 0.325 e. The van der Waals surface area contributed by atoms with E-state index in [0.717, 1.165) is 16.3 Å². The predicted molar refractivity (Wildman–Crippen MR) is 122 cm³/mol. The van der Waals surface area contributed by atoms with Crippen molar-refractivity contribution in [2.45, 2.75) is 32.9 Å². The molecule has 1 aromatic carbocycles. The second kappa shape index (κ2) is 8.55. The number of amides is 2. The number of urea groups is 1. The number of nitrogens with one attached hydrogen (secondary N) is 1. The Kier molecular flexibility index (Phi) is 5.13. The first-order valence-electron chi connectivity index (χ1n) is 11.1. The maximum Gasteiger partial charge on any atom is 0.325 e. The minimum absolute atomic E-state index is 0.115. The molecule has 0 bridgehead atoms. The first-order chi connectivity index (χ1) is 15.6. The molecule has 8 nitrogen and oxygen atoms in total. The van der Waals surface area contributed by atoms with E-state index >= 15 is 0 Å². The molecule has 1 unspecified atom stereocenters. The van der Waals surface area contributed by atoms with Crippen molar-refractivity contribution in [3.05, 3.63) is 59.8 Å². The SMILES string of the molecule is [2H]C1([2H])C(C(C)C)N(c2ccnc(N[C@@H](C)c3cn(-c4ccc(Cl)cc4)cn3)n2)C(=O)N1C.